The summed E-state index contributed by atoms with van der Waals surface area (Å²) in [4.78, 5) is 12.9. The number of piperidine rings is 1. The second-order valence-electron chi connectivity index (χ2n) is 5.20. The molecule has 0 saturated carbocycles. The zero-order valence-corrected chi connectivity index (χ0v) is 10.9. The van der Waals surface area contributed by atoms with Gasteiger partial charge in [0, 0.05) is 25.2 Å². The number of nitrogens with zero attached hydrogens (tertiary/aromatic N) is 1. The van der Waals surface area contributed by atoms with Crippen molar-refractivity contribution in [2.24, 2.45) is 5.92 Å². The molecule has 3 heteroatoms. The van der Waals surface area contributed by atoms with E-state index in [0.717, 1.165) is 32.4 Å². The van der Waals surface area contributed by atoms with Gasteiger partial charge < -0.3 is 10.0 Å². The Morgan fingerprint density at radius 3 is 2.44 bits per heavy atom. The van der Waals surface area contributed by atoms with E-state index in [-0.39, 0.29) is 0 Å². The molecule has 0 aliphatic carbocycles. The minimum Gasteiger partial charge on any atom is -0.481 e. The molecule has 0 radical (unpaired) electrons. The topological polar surface area (TPSA) is 40.5 Å². The van der Waals surface area contributed by atoms with Crippen molar-refractivity contribution in [1.29, 1.82) is 0 Å². The molecule has 98 valence electrons. The van der Waals surface area contributed by atoms with Crippen molar-refractivity contribution < 1.29 is 9.90 Å². The van der Waals surface area contributed by atoms with E-state index < -0.39 is 5.97 Å². The third-order valence-corrected chi connectivity index (χ3v) is 3.78. The van der Waals surface area contributed by atoms with Gasteiger partial charge in [0.15, 0.2) is 0 Å². The zero-order chi connectivity index (χ0) is 13.0. The molecule has 1 aromatic carbocycles. The number of aryl methyl sites for hydroxylation is 1. The van der Waals surface area contributed by atoms with Crippen LogP contribution in [0, 0.1) is 12.8 Å². The molecular formula is C15H21NO2. The first-order valence-electron chi connectivity index (χ1n) is 6.68. The standard InChI is InChI=1S/C15H21NO2/c1-12-2-5-14(6-3-12)16-10-8-13(9-11-16)4-7-15(17)18/h2-3,5-6,13H,4,7-11H2,1H3,(H,17,18). The summed E-state index contributed by atoms with van der Waals surface area (Å²) in [5, 5.41) is 8.69. The number of anilines is 1. The Hall–Kier alpha value is -1.51. The Morgan fingerprint density at radius 1 is 1.28 bits per heavy atom. The monoisotopic (exact) mass is 247 g/mol. The van der Waals surface area contributed by atoms with Gasteiger partial charge in [-0.2, -0.15) is 0 Å². The molecule has 0 spiro atoms. The van der Waals surface area contributed by atoms with Crippen LogP contribution in [0.15, 0.2) is 24.3 Å². The van der Waals surface area contributed by atoms with Crippen molar-refractivity contribution >= 4 is 11.7 Å². The molecule has 1 N–H and O–H groups in total. The lowest BCUT2D eigenvalue weighted by molar-refractivity contribution is -0.137. The summed E-state index contributed by atoms with van der Waals surface area (Å²) in [6.45, 7) is 4.20. The van der Waals surface area contributed by atoms with Crippen molar-refractivity contribution in [3.63, 3.8) is 0 Å². The minimum atomic E-state index is -0.670. The van der Waals surface area contributed by atoms with Gasteiger partial charge in [-0.25, -0.2) is 0 Å². The van der Waals surface area contributed by atoms with Crippen LogP contribution in [0.4, 0.5) is 5.69 Å². The lowest BCUT2D eigenvalue weighted by atomic mass is 9.92. The predicted molar refractivity (Wildman–Crippen MR) is 73.0 cm³/mol. The van der Waals surface area contributed by atoms with Gasteiger partial charge in [-0.3, -0.25) is 4.79 Å². The number of rotatable bonds is 4. The summed E-state index contributed by atoms with van der Waals surface area (Å²) in [7, 11) is 0. The van der Waals surface area contributed by atoms with Crippen LogP contribution in [0.25, 0.3) is 0 Å². The minimum absolute atomic E-state index is 0.315. The molecule has 0 atom stereocenters. The molecule has 1 fully saturated rings. The molecule has 1 saturated heterocycles. The molecule has 1 aromatic rings. The lowest BCUT2D eigenvalue weighted by Gasteiger charge is -2.33. The van der Waals surface area contributed by atoms with E-state index in [1.807, 2.05) is 0 Å². The summed E-state index contributed by atoms with van der Waals surface area (Å²) in [5.41, 5.74) is 2.58. The van der Waals surface area contributed by atoms with Crippen molar-refractivity contribution in [1.82, 2.24) is 0 Å². The molecule has 1 aliphatic heterocycles. The van der Waals surface area contributed by atoms with Gasteiger partial charge in [0.1, 0.15) is 0 Å². The van der Waals surface area contributed by atoms with E-state index in [0.29, 0.717) is 12.3 Å². The number of carbonyl (C=O) groups is 1. The van der Waals surface area contributed by atoms with E-state index in [2.05, 4.69) is 36.1 Å². The normalized spacial score (nSPS) is 16.8. The Bertz CT molecular complexity index is 391. The van der Waals surface area contributed by atoms with Gasteiger partial charge in [-0.1, -0.05) is 17.7 Å². The first-order valence-corrected chi connectivity index (χ1v) is 6.68. The number of hydrogen-bond donors (Lipinski definition) is 1. The van der Waals surface area contributed by atoms with Gasteiger partial charge >= 0.3 is 5.97 Å². The Morgan fingerprint density at radius 2 is 1.89 bits per heavy atom. The summed E-state index contributed by atoms with van der Waals surface area (Å²) < 4.78 is 0. The highest BCUT2D eigenvalue weighted by Crippen LogP contribution is 2.26. The molecule has 3 nitrogen and oxygen atoms in total. The quantitative estimate of drug-likeness (QED) is 0.889. The molecule has 1 heterocycles. The molecule has 0 bridgehead atoms. The van der Waals surface area contributed by atoms with Crippen LogP contribution in [0.2, 0.25) is 0 Å². The molecule has 18 heavy (non-hydrogen) atoms. The second-order valence-corrected chi connectivity index (χ2v) is 5.20. The molecule has 0 unspecified atom stereocenters. The van der Waals surface area contributed by atoms with E-state index in [9.17, 15) is 4.79 Å². The molecule has 0 aromatic heterocycles. The number of carboxylic acids is 1. The third-order valence-electron chi connectivity index (χ3n) is 3.78. The third kappa shape index (κ3) is 3.49. The van der Waals surface area contributed by atoms with E-state index >= 15 is 0 Å². The summed E-state index contributed by atoms with van der Waals surface area (Å²) in [6, 6.07) is 8.64. The highest BCUT2D eigenvalue weighted by atomic mass is 16.4. The Labute approximate surface area is 108 Å². The van der Waals surface area contributed by atoms with Gasteiger partial charge in [-0.15, -0.1) is 0 Å². The van der Waals surface area contributed by atoms with E-state index in [1.165, 1.54) is 11.3 Å². The van der Waals surface area contributed by atoms with Crippen molar-refractivity contribution in [3.05, 3.63) is 29.8 Å². The van der Waals surface area contributed by atoms with Crippen LogP contribution in [0.3, 0.4) is 0 Å². The highest BCUT2D eigenvalue weighted by molar-refractivity contribution is 5.66. The number of benzene rings is 1. The fraction of sp³-hybridized carbons (Fsp3) is 0.533. The maximum absolute atomic E-state index is 10.5. The smallest absolute Gasteiger partial charge is 0.303 e. The lowest BCUT2D eigenvalue weighted by Crippen LogP contribution is -2.33. The van der Waals surface area contributed by atoms with Gasteiger partial charge in [0.2, 0.25) is 0 Å². The van der Waals surface area contributed by atoms with Gasteiger partial charge in [-0.05, 0) is 44.2 Å². The van der Waals surface area contributed by atoms with E-state index in [1.54, 1.807) is 0 Å². The van der Waals surface area contributed by atoms with Gasteiger partial charge in [0.05, 0.1) is 0 Å². The number of hydrogen-bond acceptors (Lipinski definition) is 2. The first kappa shape index (κ1) is 12.9. The summed E-state index contributed by atoms with van der Waals surface area (Å²) >= 11 is 0. The van der Waals surface area contributed by atoms with Crippen molar-refractivity contribution in [2.75, 3.05) is 18.0 Å². The van der Waals surface area contributed by atoms with Crippen LogP contribution < -0.4 is 4.90 Å². The molecular weight excluding hydrogens is 226 g/mol. The first-order chi connectivity index (χ1) is 8.65. The van der Waals surface area contributed by atoms with Crippen LogP contribution in [0.5, 0.6) is 0 Å². The van der Waals surface area contributed by atoms with Gasteiger partial charge in [0.25, 0.3) is 0 Å². The zero-order valence-electron chi connectivity index (χ0n) is 10.9. The summed E-state index contributed by atoms with van der Waals surface area (Å²) in [6.07, 6.45) is 3.37. The predicted octanol–water partition coefficient (Wildman–Crippen LogP) is 3.08. The van der Waals surface area contributed by atoms with Crippen molar-refractivity contribution in [3.8, 4) is 0 Å². The Kier molecular flexibility index (Phi) is 4.24. The van der Waals surface area contributed by atoms with E-state index in [4.69, 9.17) is 5.11 Å². The molecule has 0 amide bonds. The highest BCUT2D eigenvalue weighted by Gasteiger charge is 2.19. The number of aliphatic carboxylic acids is 1. The van der Waals surface area contributed by atoms with Crippen LogP contribution >= 0.6 is 0 Å². The summed E-state index contributed by atoms with van der Waals surface area (Å²) in [5.74, 6) is -0.0845. The average molecular weight is 247 g/mol. The maximum Gasteiger partial charge on any atom is 0.303 e. The Balaban J connectivity index is 1.83. The maximum atomic E-state index is 10.5. The second kappa shape index (κ2) is 5.89. The SMILES string of the molecule is Cc1ccc(N2CCC(CCC(=O)O)CC2)cc1. The van der Waals surface area contributed by atoms with Crippen LogP contribution in [-0.2, 0) is 4.79 Å². The molecule has 1 aliphatic rings. The fourth-order valence-electron chi connectivity index (χ4n) is 2.56. The number of carboxylic acid groups (broad SMARTS) is 1. The molecule has 2 rings (SSSR count). The van der Waals surface area contributed by atoms with Crippen LogP contribution in [0.1, 0.15) is 31.2 Å². The fourth-order valence-corrected chi connectivity index (χ4v) is 2.56. The largest absolute Gasteiger partial charge is 0.481 e. The van der Waals surface area contributed by atoms with Crippen molar-refractivity contribution in [2.45, 2.75) is 32.6 Å². The van der Waals surface area contributed by atoms with Crippen LogP contribution in [-0.4, -0.2) is 24.2 Å². The average Bonchev–Trinajstić information content (AvgIpc) is 2.38.